The van der Waals surface area contributed by atoms with E-state index in [4.69, 9.17) is 49.8 Å². The highest BCUT2D eigenvalue weighted by Gasteiger charge is 2.52. The van der Waals surface area contributed by atoms with Gasteiger partial charge in [-0.3, -0.25) is 15.0 Å². The van der Waals surface area contributed by atoms with Crippen LogP contribution in [0.2, 0.25) is 56.5 Å². The summed E-state index contributed by atoms with van der Waals surface area (Å²) < 4.78 is 39.2. The van der Waals surface area contributed by atoms with Gasteiger partial charge in [0, 0.05) is 231 Å². The Hall–Kier alpha value is -9.93. The lowest BCUT2D eigenvalue weighted by Crippen LogP contribution is -2.50. The van der Waals surface area contributed by atoms with Crippen molar-refractivity contribution in [2.24, 2.45) is 0 Å². The van der Waals surface area contributed by atoms with E-state index in [1.807, 2.05) is 155 Å². The predicted octanol–water partition coefficient (Wildman–Crippen LogP) is 13.8. The van der Waals surface area contributed by atoms with Crippen LogP contribution in [0.15, 0.2) is 129 Å². The number of ether oxygens (including phenoxy) is 4. The molecule has 4 fully saturated rings. The lowest BCUT2D eigenvalue weighted by atomic mass is 9.81. The van der Waals surface area contributed by atoms with Crippen molar-refractivity contribution in [1.82, 2.24) is 89.0 Å². The summed E-state index contributed by atoms with van der Waals surface area (Å²) in [4.78, 5) is 92.0. The number of carbonyl (C=O) groups is 2. The van der Waals surface area contributed by atoms with Crippen molar-refractivity contribution in [2.75, 3.05) is 106 Å². The molecule has 0 aliphatic carbocycles. The molecule has 33 heteroatoms. The van der Waals surface area contributed by atoms with E-state index in [0.717, 1.165) is 151 Å². The first-order valence-electron chi connectivity index (χ1n) is 39.4. The summed E-state index contributed by atoms with van der Waals surface area (Å²) in [6.45, 7) is 44.6. The average molecular weight is 1620 g/mol. The maximum atomic E-state index is 12.4. The van der Waals surface area contributed by atoms with Gasteiger partial charge in [-0.15, -0.1) is 0 Å². The Bertz CT molecular complexity index is 5320. The first kappa shape index (κ1) is 83.0. The third-order valence-electron chi connectivity index (χ3n) is 20.6. The molecular formula is C82H107BClN21O8Si2. The number of piperazine rings is 3. The predicted molar refractivity (Wildman–Crippen MR) is 460 cm³/mol. The molecule has 0 aromatic carbocycles. The van der Waals surface area contributed by atoms with Crippen LogP contribution in [-0.2, 0) is 41.7 Å². The lowest BCUT2D eigenvalue weighted by Gasteiger charge is -2.35. The lowest BCUT2D eigenvalue weighted by molar-refractivity contribution is 0.00578. The van der Waals surface area contributed by atoms with Gasteiger partial charge in [0.2, 0.25) is 17.8 Å². The molecule has 12 aromatic rings. The third-order valence-corrected chi connectivity index (χ3v) is 24.2. The van der Waals surface area contributed by atoms with Gasteiger partial charge >= 0.3 is 19.3 Å². The summed E-state index contributed by atoms with van der Waals surface area (Å²) >= 11 is 6.06. The molecule has 16 rings (SSSR count). The summed E-state index contributed by atoms with van der Waals surface area (Å²) in [5.41, 5.74) is 8.17. The summed E-state index contributed by atoms with van der Waals surface area (Å²) in [5.74, 6) is 2.07. The van der Waals surface area contributed by atoms with Crippen molar-refractivity contribution in [2.45, 2.75) is 156 Å². The summed E-state index contributed by atoms with van der Waals surface area (Å²) in [6.07, 6.45) is 21.3. The maximum Gasteiger partial charge on any atom is 0.498 e. The number of aromatic amines is 1. The monoisotopic (exact) mass is 1620 g/mol. The fraction of sp³-hybridized carbons (Fsp3) is 0.463. The minimum absolute atomic E-state index is 0.274. The molecule has 115 heavy (non-hydrogen) atoms. The van der Waals surface area contributed by atoms with Gasteiger partial charge in [-0.05, 0) is 136 Å². The van der Waals surface area contributed by atoms with Gasteiger partial charge in [0.25, 0.3) is 0 Å². The zero-order chi connectivity index (χ0) is 81.6. The highest BCUT2D eigenvalue weighted by molar-refractivity contribution is 6.76. The molecule has 0 atom stereocenters. The first-order valence-corrected chi connectivity index (χ1v) is 47.2. The number of rotatable bonds is 16. The van der Waals surface area contributed by atoms with Gasteiger partial charge in [0.1, 0.15) is 46.8 Å². The number of nitrogens with zero attached hydrogens (tertiary/aromatic N) is 19. The molecule has 2 N–H and O–H groups in total. The number of H-pyrrole nitrogens is 1. The van der Waals surface area contributed by atoms with Gasteiger partial charge < -0.3 is 72.2 Å². The third kappa shape index (κ3) is 20.7. The van der Waals surface area contributed by atoms with Crippen LogP contribution in [0, 0.1) is 0 Å². The topological polar surface area (TPSA) is 298 Å². The number of nitrogens with one attached hydrogen (secondary N) is 2. The van der Waals surface area contributed by atoms with E-state index in [-0.39, 0.29) is 12.2 Å². The zero-order valence-electron chi connectivity index (χ0n) is 69.1. The number of anilines is 3. The summed E-state index contributed by atoms with van der Waals surface area (Å²) in [5, 5.41) is 10.2. The first-order chi connectivity index (χ1) is 54.7. The van der Waals surface area contributed by atoms with Gasteiger partial charge in [0.15, 0.2) is 0 Å². The van der Waals surface area contributed by atoms with Gasteiger partial charge in [-0.2, -0.15) is 0 Å². The average Bonchev–Trinajstić information content (AvgIpc) is 1.54. The fourth-order valence-electron chi connectivity index (χ4n) is 13.4. The molecule has 0 radical (unpaired) electrons. The Balaban J connectivity index is 0.000000137. The quantitative estimate of drug-likeness (QED) is 0.0516. The molecule has 29 nitrogen and oxygen atoms in total. The number of halogens is 1. The van der Waals surface area contributed by atoms with Crippen LogP contribution in [0.4, 0.5) is 27.4 Å². The molecule has 0 bridgehead atoms. The Morgan fingerprint density at radius 1 is 0.487 bits per heavy atom. The molecule has 0 saturated carbocycles. The summed E-state index contributed by atoms with van der Waals surface area (Å²) in [6, 6.07) is 20.2. The van der Waals surface area contributed by atoms with Crippen molar-refractivity contribution in [3.63, 3.8) is 0 Å². The van der Waals surface area contributed by atoms with E-state index in [2.05, 4.69) is 135 Å². The van der Waals surface area contributed by atoms with E-state index in [1.54, 1.807) is 40.8 Å². The Morgan fingerprint density at radius 3 is 1.36 bits per heavy atom. The smallest absolute Gasteiger partial charge is 0.444 e. The van der Waals surface area contributed by atoms with Crippen molar-refractivity contribution < 1.29 is 37.8 Å². The van der Waals surface area contributed by atoms with Crippen molar-refractivity contribution in [1.29, 1.82) is 0 Å². The Labute approximate surface area is 678 Å². The number of pyridine rings is 6. The number of hydrogen-bond acceptors (Lipinski definition) is 24. The molecular weight excluding hydrogens is 1510 g/mol. The largest absolute Gasteiger partial charge is 0.498 e. The molecule has 4 aliphatic rings. The van der Waals surface area contributed by atoms with Crippen LogP contribution in [0.3, 0.4) is 0 Å². The molecule has 2 amide bonds. The summed E-state index contributed by atoms with van der Waals surface area (Å²) in [7, 11) is -2.72. The standard InChI is InChI=1S/C29H39N7O3Si.C19H31BN4O4.C18H17N7.C16H20ClN3OSi/c1-29(2,3)39-28(37)35-13-11-34(12-14-35)27-31-17-21(18-32-27)24-8-7-22-23-19-30-10-9-25(23)36(26(22)33-24)20-38-15-16-40(4,5)6;1-17(2,3)26-16(25)24-10-8-23(9-11-24)15-21-12-14(13-22-15)20-27-18(4,5)19(6,7)28-20;1-2-15(23-17-13(1)14-11-20-4-3-16(14)24-17)12-9-21-18(22-10-12)25-7-5-19-6-8-25;1-22(2,3)9-8-21-11-20-14-6-7-18-10-13(14)12-4-5-15(17)19-16(12)20/h7-10,17-19H,11-16,20H2,1-6H3;12-13H,8-11H2,1-7H3;1-4,9-11,19H,5-8H2,(H,23,24);4-7,10H,8-9,11H2,1-3H3. The molecule has 606 valence electrons. The zero-order valence-corrected chi connectivity index (χ0v) is 71.8. The Morgan fingerprint density at radius 2 is 0.896 bits per heavy atom. The number of fused-ring (bicyclic) bond motifs is 9. The van der Waals surface area contributed by atoms with Crippen LogP contribution in [0.25, 0.3) is 88.3 Å². The van der Waals surface area contributed by atoms with Crippen LogP contribution in [0.5, 0.6) is 0 Å². The van der Waals surface area contributed by atoms with Crippen molar-refractivity contribution in [3.8, 4) is 22.5 Å². The molecule has 0 unspecified atom stereocenters. The molecule has 4 aliphatic heterocycles. The van der Waals surface area contributed by atoms with Crippen LogP contribution < -0.4 is 25.5 Å². The highest BCUT2D eigenvalue weighted by atomic mass is 35.5. The maximum absolute atomic E-state index is 12.4. The van der Waals surface area contributed by atoms with E-state index in [1.165, 1.54) is 0 Å². The minimum Gasteiger partial charge on any atom is -0.444 e. The van der Waals surface area contributed by atoms with Crippen molar-refractivity contribution >= 4 is 136 Å². The minimum atomic E-state index is -1.17. The van der Waals surface area contributed by atoms with Crippen LogP contribution in [-0.4, -0.2) is 233 Å². The number of carbonyl (C=O) groups excluding carboxylic acids is 2. The van der Waals surface area contributed by atoms with Gasteiger partial charge in [-0.1, -0.05) is 50.9 Å². The normalized spacial score (nSPS) is 16.1. The van der Waals surface area contributed by atoms with Gasteiger partial charge in [-0.25, -0.2) is 54.4 Å². The second kappa shape index (κ2) is 34.9. The van der Waals surface area contributed by atoms with Crippen LogP contribution in [0.1, 0.15) is 69.2 Å². The van der Waals surface area contributed by atoms with E-state index >= 15 is 0 Å². The SMILES string of the molecule is CC(C)(C)OC(=O)N1CCN(c2ncc(-c3ccc4c5cnccc5n(COCC[Si](C)(C)C)c4n3)cn2)CC1.CC(C)(C)OC(=O)N1CCN(c2ncc(B3OC(C)(C)C(C)(C)O3)cn2)CC1.C[Si](C)(C)CCOCn1c2ccncc2c2ccc(Cl)nc21.c1cc2[nH]c3nc(-c4cnc(N5CCNCC5)nc4)ccc3c2cn1. The fourth-order valence-corrected chi connectivity index (χ4v) is 15.0. The van der Waals surface area contributed by atoms with E-state index < -0.39 is 45.7 Å². The molecule has 12 aromatic heterocycles. The molecule has 16 heterocycles. The second-order valence-corrected chi connectivity index (χ2v) is 46.3. The van der Waals surface area contributed by atoms with E-state index in [9.17, 15) is 9.59 Å². The Kier molecular flexibility index (Phi) is 25.2. The number of amides is 2. The number of aromatic nitrogens is 15. The van der Waals surface area contributed by atoms with Gasteiger partial charge in [0.05, 0.1) is 39.1 Å². The second-order valence-electron chi connectivity index (χ2n) is 34.6. The molecule has 0 spiro atoms. The number of hydrogen-bond donors (Lipinski definition) is 2. The molecule has 4 saturated heterocycles. The highest BCUT2D eigenvalue weighted by Crippen LogP contribution is 2.37. The van der Waals surface area contributed by atoms with E-state index in [0.29, 0.717) is 82.9 Å². The van der Waals surface area contributed by atoms with Crippen LogP contribution >= 0.6 is 11.6 Å². The van der Waals surface area contributed by atoms with Crippen molar-refractivity contribution in [3.05, 3.63) is 134 Å².